The number of aliphatic hydroxyl groups excluding tert-OH is 1. The second kappa shape index (κ2) is 9.84. The minimum atomic E-state index is -0.425. The van der Waals surface area contributed by atoms with Crippen LogP contribution in [0, 0.1) is 34.5 Å². The van der Waals surface area contributed by atoms with E-state index in [0.717, 1.165) is 44.9 Å². The molecule has 1 N–H and O–H groups in total. The van der Waals surface area contributed by atoms with E-state index in [-0.39, 0.29) is 28.8 Å². The Labute approximate surface area is 200 Å². The van der Waals surface area contributed by atoms with Gasteiger partial charge in [-0.2, -0.15) is 0 Å². The molecule has 3 saturated carbocycles. The van der Waals surface area contributed by atoms with Crippen molar-refractivity contribution in [1.29, 1.82) is 0 Å². The number of ketones is 1. The Hall–Kier alpha value is -1.16. The van der Waals surface area contributed by atoms with Gasteiger partial charge in [-0.1, -0.05) is 58.1 Å². The lowest BCUT2D eigenvalue weighted by Gasteiger charge is -2.59. The number of aliphatic hydroxyl groups is 1. The van der Waals surface area contributed by atoms with E-state index in [4.69, 9.17) is 4.74 Å². The van der Waals surface area contributed by atoms with Gasteiger partial charge in [0.2, 0.25) is 0 Å². The second-order valence-corrected chi connectivity index (χ2v) is 12.1. The van der Waals surface area contributed by atoms with Crippen LogP contribution in [0.15, 0.2) is 11.6 Å². The maximum absolute atomic E-state index is 12.8. The molecule has 33 heavy (non-hydrogen) atoms. The number of allylic oxidation sites excluding steroid dienone is 1. The number of carbonyl (C=O) groups excluding carboxylic acids is 2. The number of ether oxygens (including phenoxy) is 1. The number of hydrogen-bond donors (Lipinski definition) is 1. The summed E-state index contributed by atoms with van der Waals surface area (Å²) in [5, 5.41) is 10.6. The normalized spacial score (nSPS) is 42.0. The van der Waals surface area contributed by atoms with Gasteiger partial charge in [0, 0.05) is 24.2 Å². The molecule has 0 spiro atoms. The highest BCUT2D eigenvalue weighted by atomic mass is 16.5. The van der Waals surface area contributed by atoms with E-state index in [1.165, 1.54) is 24.8 Å². The summed E-state index contributed by atoms with van der Waals surface area (Å²) in [7, 11) is 0. The van der Waals surface area contributed by atoms with Gasteiger partial charge in [0.1, 0.15) is 11.9 Å². The summed E-state index contributed by atoms with van der Waals surface area (Å²) >= 11 is 0. The van der Waals surface area contributed by atoms with Crippen molar-refractivity contribution in [2.45, 2.75) is 123 Å². The smallest absolute Gasteiger partial charge is 0.306 e. The van der Waals surface area contributed by atoms with E-state index in [9.17, 15) is 14.7 Å². The lowest BCUT2D eigenvalue weighted by Crippen LogP contribution is -2.56. The fourth-order valence-electron chi connectivity index (χ4n) is 8.60. The summed E-state index contributed by atoms with van der Waals surface area (Å²) in [6, 6.07) is 0. The molecule has 0 bridgehead atoms. The van der Waals surface area contributed by atoms with Crippen LogP contribution in [-0.4, -0.2) is 29.1 Å². The summed E-state index contributed by atoms with van der Waals surface area (Å²) in [4.78, 5) is 25.2. The Morgan fingerprint density at radius 1 is 1.09 bits per heavy atom. The van der Waals surface area contributed by atoms with Crippen molar-refractivity contribution in [3.05, 3.63) is 11.6 Å². The minimum absolute atomic E-state index is 0.0912. The standard InChI is InChI=1S/C29H46O4/c1-5-6-7-8-9-10-27(32)33-26-18-21(31)17-20-11-12-22-24-14-13-23(19(2)30)28(24,3)16-15-25(22)29(20,26)4/h11,21-26,31H,5-10,12-18H2,1-4H3/t21-,22?,23+,24?,25?,26?,28+,29-/m0/s1. The van der Waals surface area contributed by atoms with Crippen LogP contribution < -0.4 is 0 Å². The zero-order valence-electron chi connectivity index (χ0n) is 21.4. The van der Waals surface area contributed by atoms with Crippen molar-refractivity contribution in [2.24, 2.45) is 34.5 Å². The van der Waals surface area contributed by atoms with Gasteiger partial charge in [0.15, 0.2) is 0 Å². The first kappa shape index (κ1) is 24.9. The molecule has 4 heteroatoms. The van der Waals surface area contributed by atoms with Crippen LogP contribution in [0.2, 0.25) is 0 Å². The van der Waals surface area contributed by atoms with Gasteiger partial charge in [-0.25, -0.2) is 0 Å². The molecule has 8 atom stereocenters. The fourth-order valence-corrected chi connectivity index (χ4v) is 8.60. The van der Waals surface area contributed by atoms with Gasteiger partial charge < -0.3 is 9.84 Å². The maximum Gasteiger partial charge on any atom is 0.306 e. The molecule has 0 saturated heterocycles. The molecule has 186 valence electrons. The van der Waals surface area contributed by atoms with Gasteiger partial charge in [0.05, 0.1) is 6.10 Å². The van der Waals surface area contributed by atoms with Crippen LogP contribution in [-0.2, 0) is 14.3 Å². The Kier molecular flexibility index (Phi) is 7.44. The molecule has 4 aliphatic rings. The van der Waals surface area contributed by atoms with Crippen LogP contribution in [0.4, 0.5) is 0 Å². The molecule has 3 fully saturated rings. The predicted octanol–water partition coefficient (Wildman–Crippen LogP) is 6.40. The maximum atomic E-state index is 12.8. The molecule has 4 unspecified atom stereocenters. The topological polar surface area (TPSA) is 63.6 Å². The number of fused-ring (bicyclic) bond motifs is 5. The molecular weight excluding hydrogens is 412 g/mol. The van der Waals surface area contributed by atoms with Gasteiger partial charge in [-0.3, -0.25) is 9.59 Å². The third kappa shape index (κ3) is 4.46. The first-order chi connectivity index (χ1) is 15.7. The third-order valence-electron chi connectivity index (χ3n) is 10.4. The number of unbranched alkanes of at least 4 members (excludes halogenated alkanes) is 4. The lowest BCUT2D eigenvalue weighted by molar-refractivity contribution is -0.169. The molecule has 0 aliphatic heterocycles. The zero-order valence-corrected chi connectivity index (χ0v) is 21.4. The van der Waals surface area contributed by atoms with Crippen molar-refractivity contribution in [1.82, 2.24) is 0 Å². The molecular formula is C29H46O4. The molecule has 0 amide bonds. The van der Waals surface area contributed by atoms with Crippen LogP contribution >= 0.6 is 0 Å². The number of esters is 1. The number of Topliss-reactive ketones (excluding diaryl/α,β-unsaturated/α-hetero) is 1. The van der Waals surface area contributed by atoms with E-state index in [0.29, 0.717) is 42.8 Å². The molecule has 4 aliphatic carbocycles. The SMILES string of the molecule is CCCCCCCC(=O)OC1C[C@@H](O)CC2=CCC3C(CC[C@@]4(C)C3CC[C@@H]4C(C)=O)[C@]21C. The van der Waals surface area contributed by atoms with E-state index in [1.807, 2.05) is 0 Å². The van der Waals surface area contributed by atoms with Gasteiger partial charge in [0.25, 0.3) is 0 Å². The largest absolute Gasteiger partial charge is 0.461 e. The Morgan fingerprint density at radius 2 is 1.85 bits per heavy atom. The summed E-state index contributed by atoms with van der Waals surface area (Å²) in [6.07, 6.45) is 14.5. The molecule has 0 radical (unpaired) electrons. The summed E-state index contributed by atoms with van der Waals surface area (Å²) in [5.41, 5.74) is 1.25. The van der Waals surface area contributed by atoms with Crippen LogP contribution in [0.25, 0.3) is 0 Å². The van der Waals surface area contributed by atoms with Crippen LogP contribution in [0.5, 0.6) is 0 Å². The van der Waals surface area contributed by atoms with E-state index < -0.39 is 6.10 Å². The fraction of sp³-hybridized carbons (Fsp3) is 0.862. The second-order valence-electron chi connectivity index (χ2n) is 12.1. The highest BCUT2D eigenvalue weighted by molar-refractivity contribution is 5.79. The summed E-state index contributed by atoms with van der Waals surface area (Å²) < 4.78 is 6.19. The average molecular weight is 459 g/mol. The summed E-state index contributed by atoms with van der Waals surface area (Å²) in [6.45, 7) is 8.67. The van der Waals surface area contributed by atoms with Crippen molar-refractivity contribution >= 4 is 11.8 Å². The summed E-state index contributed by atoms with van der Waals surface area (Å²) in [5.74, 6) is 2.07. The molecule has 0 heterocycles. The molecule has 0 aromatic carbocycles. The monoisotopic (exact) mass is 458 g/mol. The van der Waals surface area contributed by atoms with Crippen molar-refractivity contribution in [2.75, 3.05) is 0 Å². The third-order valence-corrected chi connectivity index (χ3v) is 10.4. The molecule has 4 rings (SSSR count). The highest BCUT2D eigenvalue weighted by Gasteiger charge is 2.61. The van der Waals surface area contributed by atoms with Crippen molar-refractivity contribution in [3.8, 4) is 0 Å². The first-order valence-corrected chi connectivity index (χ1v) is 13.8. The quantitative estimate of drug-likeness (QED) is 0.260. The van der Waals surface area contributed by atoms with Crippen LogP contribution in [0.1, 0.15) is 111 Å². The molecule has 0 aromatic heterocycles. The Balaban J connectivity index is 1.51. The first-order valence-electron chi connectivity index (χ1n) is 13.8. The minimum Gasteiger partial charge on any atom is -0.461 e. The predicted molar refractivity (Wildman–Crippen MR) is 131 cm³/mol. The molecule has 0 aromatic rings. The number of hydrogen-bond acceptors (Lipinski definition) is 4. The Morgan fingerprint density at radius 3 is 2.58 bits per heavy atom. The van der Waals surface area contributed by atoms with Crippen molar-refractivity contribution < 1.29 is 19.4 Å². The zero-order chi connectivity index (χ0) is 23.8. The average Bonchev–Trinajstić information content (AvgIpc) is 3.12. The van der Waals surface area contributed by atoms with Gasteiger partial charge in [-0.05, 0) is 75.0 Å². The van der Waals surface area contributed by atoms with E-state index >= 15 is 0 Å². The van der Waals surface area contributed by atoms with Gasteiger partial charge >= 0.3 is 5.97 Å². The Bertz CT molecular complexity index is 772. The molecule has 4 nitrogen and oxygen atoms in total. The van der Waals surface area contributed by atoms with Crippen LogP contribution in [0.3, 0.4) is 0 Å². The number of carbonyl (C=O) groups is 2. The van der Waals surface area contributed by atoms with E-state index in [1.54, 1.807) is 6.92 Å². The lowest BCUT2D eigenvalue weighted by atomic mass is 9.46. The highest BCUT2D eigenvalue weighted by Crippen LogP contribution is 2.66. The van der Waals surface area contributed by atoms with E-state index in [2.05, 4.69) is 26.8 Å². The van der Waals surface area contributed by atoms with Crippen molar-refractivity contribution in [3.63, 3.8) is 0 Å². The number of rotatable bonds is 8. The van der Waals surface area contributed by atoms with Gasteiger partial charge in [-0.15, -0.1) is 0 Å².